The summed E-state index contributed by atoms with van der Waals surface area (Å²) in [4.78, 5) is 0. The number of nitrogens with one attached hydrogen (secondary N) is 1. The van der Waals surface area contributed by atoms with Gasteiger partial charge in [0.25, 0.3) is 0 Å². The van der Waals surface area contributed by atoms with Gasteiger partial charge in [-0.25, -0.2) is 8.42 Å². The van der Waals surface area contributed by atoms with E-state index in [1.807, 2.05) is 32.2 Å². The van der Waals surface area contributed by atoms with Gasteiger partial charge in [-0.2, -0.15) is 0 Å². The highest BCUT2D eigenvalue weighted by Gasteiger charge is 2.13. The Bertz CT molecular complexity index is 500. The van der Waals surface area contributed by atoms with Gasteiger partial charge >= 0.3 is 0 Å². The van der Waals surface area contributed by atoms with Gasteiger partial charge in [0.2, 0.25) is 0 Å². The van der Waals surface area contributed by atoms with Gasteiger partial charge in [0.15, 0.2) is 0 Å². The zero-order chi connectivity index (χ0) is 13.8. The number of sulfone groups is 1. The van der Waals surface area contributed by atoms with E-state index in [2.05, 4.69) is 5.32 Å². The largest absolute Gasteiger partial charge is 0.313 e. The van der Waals surface area contributed by atoms with Crippen LogP contribution < -0.4 is 5.32 Å². The van der Waals surface area contributed by atoms with Crippen LogP contribution in [0.25, 0.3) is 0 Å². The van der Waals surface area contributed by atoms with Gasteiger partial charge in [-0.1, -0.05) is 23.7 Å². The monoisotopic (exact) mass is 289 g/mol. The molecule has 0 spiro atoms. The summed E-state index contributed by atoms with van der Waals surface area (Å²) >= 11 is 6.21. The highest BCUT2D eigenvalue weighted by molar-refractivity contribution is 7.90. The normalized spacial score (nSPS) is 13.6. The van der Waals surface area contributed by atoms with Crippen molar-refractivity contribution in [3.8, 4) is 0 Å². The van der Waals surface area contributed by atoms with Crippen LogP contribution in [0.15, 0.2) is 18.2 Å². The molecular formula is C13H20ClNO2S. The average Bonchev–Trinajstić information content (AvgIpc) is 2.24. The number of halogens is 1. The minimum absolute atomic E-state index is 0.0971. The molecule has 102 valence electrons. The molecule has 1 unspecified atom stereocenters. The molecule has 1 aromatic rings. The topological polar surface area (TPSA) is 46.2 Å². The summed E-state index contributed by atoms with van der Waals surface area (Å²) in [7, 11) is -1.03. The van der Waals surface area contributed by atoms with E-state index in [1.165, 1.54) is 6.26 Å². The van der Waals surface area contributed by atoms with Crippen molar-refractivity contribution in [2.24, 2.45) is 0 Å². The zero-order valence-corrected chi connectivity index (χ0v) is 12.6. The van der Waals surface area contributed by atoms with Crippen LogP contribution >= 0.6 is 11.6 Å². The molecule has 1 rings (SSSR count). The van der Waals surface area contributed by atoms with Crippen LogP contribution in [0.3, 0.4) is 0 Å². The maximum atomic E-state index is 11.1. The summed E-state index contributed by atoms with van der Waals surface area (Å²) in [5.41, 5.74) is 2.15. The van der Waals surface area contributed by atoms with Crippen LogP contribution in [0.2, 0.25) is 5.02 Å². The summed E-state index contributed by atoms with van der Waals surface area (Å²) in [5.74, 6) is 0.217. The molecule has 1 N–H and O–H groups in total. The Morgan fingerprint density at radius 1 is 1.39 bits per heavy atom. The Hall–Kier alpha value is -0.580. The van der Waals surface area contributed by atoms with Gasteiger partial charge in [0.05, 0.1) is 0 Å². The van der Waals surface area contributed by atoms with E-state index in [1.54, 1.807) is 0 Å². The molecular weight excluding hydrogens is 270 g/mol. The van der Waals surface area contributed by atoms with E-state index < -0.39 is 9.84 Å². The van der Waals surface area contributed by atoms with E-state index in [0.717, 1.165) is 22.6 Å². The second-order valence-corrected chi connectivity index (χ2v) is 7.31. The first-order valence-corrected chi connectivity index (χ1v) is 8.38. The van der Waals surface area contributed by atoms with E-state index in [9.17, 15) is 8.42 Å². The van der Waals surface area contributed by atoms with Crippen molar-refractivity contribution in [1.29, 1.82) is 0 Å². The molecule has 18 heavy (non-hydrogen) atoms. The Morgan fingerprint density at radius 2 is 2.06 bits per heavy atom. The second-order valence-electron chi connectivity index (χ2n) is 4.64. The van der Waals surface area contributed by atoms with Crippen molar-refractivity contribution in [2.45, 2.75) is 25.8 Å². The summed E-state index contributed by atoms with van der Waals surface area (Å²) in [6.07, 6.45) is 2.65. The van der Waals surface area contributed by atoms with E-state index >= 15 is 0 Å². The van der Waals surface area contributed by atoms with E-state index in [4.69, 9.17) is 11.6 Å². The van der Waals surface area contributed by atoms with Crippen molar-refractivity contribution in [3.05, 3.63) is 34.3 Å². The van der Waals surface area contributed by atoms with E-state index in [-0.39, 0.29) is 11.8 Å². The zero-order valence-electron chi connectivity index (χ0n) is 11.0. The molecule has 0 amide bonds. The van der Waals surface area contributed by atoms with Gasteiger partial charge in [-0.3, -0.25) is 0 Å². The molecule has 5 heteroatoms. The fourth-order valence-corrected chi connectivity index (χ4v) is 2.98. The first kappa shape index (κ1) is 15.5. The number of hydrogen-bond acceptors (Lipinski definition) is 3. The Morgan fingerprint density at radius 3 is 2.56 bits per heavy atom. The van der Waals surface area contributed by atoms with Crippen LogP contribution in [0.1, 0.15) is 30.0 Å². The molecule has 3 nitrogen and oxygen atoms in total. The third-order valence-electron chi connectivity index (χ3n) is 2.89. The Balaban J connectivity index is 2.71. The summed E-state index contributed by atoms with van der Waals surface area (Å²) in [5, 5.41) is 3.92. The van der Waals surface area contributed by atoms with E-state index in [0.29, 0.717) is 6.42 Å². The number of aryl methyl sites for hydroxylation is 1. The molecule has 0 saturated heterocycles. The van der Waals surface area contributed by atoms with Crippen molar-refractivity contribution in [2.75, 3.05) is 19.1 Å². The average molecular weight is 290 g/mol. The summed E-state index contributed by atoms with van der Waals surface area (Å²) in [6.45, 7) is 1.99. The predicted octanol–water partition coefficient (Wildman–Crippen LogP) is 2.73. The number of rotatable bonds is 6. The second kappa shape index (κ2) is 6.55. The lowest BCUT2D eigenvalue weighted by molar-refractivity contribution is 0.536. The summed E-state index contributed by atoms with van der Waals surface area (Å²) in [6, 6.07) is 6.04. The van der Waals surface area contributed by atoms with Gasteiger partial charge in [-0.05, 0) is 44.0 Å². The molecule has 0 saturated carbocycles. The third kappa shape index (κ3) is 4.96. The standard InChI is InChI=1S/C13H20ClNO2S/c1-10-6-7-11(12(14)9-10)13(15-2)5-4-8-18(3,16)17/h6-7,9,13,15H,4-5,8H2,1-3H3. The van der Waals surface area contributed by atoms with Crippen molar-refractivity contribution in [1.82, 2.24) is 5.32 Å². The first-order chi connectivity index (χ1) is 8.33. The van der Waals surface area contributed by atoms with Gasteiger partial charge in [0.1, 0.15) is 9.84 Å². The molecule has 1 atom stereocenters. The van der Waals surface area contributed by atoms with Crippen LogP contribution in [-0.2, 0) is 9.84 Å². The molecule has 0 heterocycles. The van der Waals surface area contributed by atoms with Crippen LogP contribution in [0.5, 0.6) is 0 Å². The lowest BCUT2D eigenvalue weighted by Crippen LogP contribution is -2.18. The minimum Gasteiger partial charge on any atom is -0.313 e. The number of benzene rings is 1. The van der Waals surface area contributed by atoms with Crippen LogP contribution in [0, 0.1) is 6.92 Å². The van der Waals surface area contributed by atoms with Crippen molar-refractivity contribution < 1.29 is 8.42 Å². The molecule has 0 fully saturated rings. The molecule has 0 aromatic heterocycles. The third-order valence-corrected chi connectivity index (χ3v) is 4.25. The van der Waals surface area contributed by atoms with Crippen molar-refractivity contribution >= 4 is 21.4 Å². The molecule has 0 aliphatic rings. The maximum absolute atomic E-state index is 11.1. The SMILES string of the molecule is CNC(CCCS(C)(=O)=O)c1ccc(C)cc1Cl. The first-order valence-electron chi connectivity index (χ1n) is 5.94. The van der Waals surface area contributed by atoms with Crippen molar-refractivity contribution in [3.63, 3.8) is 0 Å². The highest BCUT2D eigenvalue weighted by atomic mass is 35.5. The molecule has 0 radical (unpaired) electrons. The summed E-state index contributed by atoms with van der Waals surface area (Å²) < 4.78 is 22.2. The van der Waals surface area contributed by atoms with Gasteiger partial charge in [-0.15, -0.1) is 0 Å². The lowest BCUT2D eigenvalue weighted by atomic mass is 10.0. The Kier molecular flexibility index (Phi) is 5.63. The van der Waals surface area contributed by atoms with Gasteiger partial charge in [0, 0.05) is 23.1 Å². The van der Waals surface area contributed by atoms with Gasteiger partial charge < -0.3 is 5.32 Å². The highest BCUT2D eigenvalue weighted by Crippen LogP contribution is 2.27. The fraction of sp³-hybridized carbons (Fsp3) is 0.538. The number of hydrogen-bond donors (Lipinski definition) is 1. The molecule has 0 bridgehead atoms. The quantitative estimate of drug-likeness (QED) is 0.876. The smallest absolute Gasteiger partial charge is 0.147 e. The molecule has 0 aliphatic heterocycles. The maximum Gasteiger partial charge on any atom is 0.147 e. The lowest BCUT2D eigenvalue weighted by Gasteiger charge is -2.18. The van der Waals surface area contributed by atoms with Crippen LogP contribution in [-0.4, -0.2) is 27.5 Å². The van der Waals surface area contributed by atoms with Crippen LogP contribution in [0.4, 0.5) is 0 Å². The minimum atomic E-state index is -2.89. The molecule has 0 aliphatic carbocycles. The predicted molar refractivity (Wildman–Crippen MR) is 76.9 cm³/mol. The molecule has 1 aromatic carbocycles. The fourth-order valence-electron chi connectivity index (χ4n) is 1.92. The Labute approximate surface area is 114 Å².